The summed E-state index contributed by atoms with van der Waals surface area (Å²) in [6.07, 6.45) is 3.64. The van der Waals surface area contributed by atoms with Gasteiger partial charge in [-0.15, -0.1) is 0 Å². The Morgan fingerprint density at radius 2 is 2.18 bits per heavy atom. The molecule has 1 heterocycles. The first kappa shape index (κ1) is 12.0. The van der Waals surface area contributed by atoms with Crippen molar-refractivity contribution in [3.63, 3.8) is 0 Å². The molecule has 1 aromatic rings. The van der Waals surface area contributed by atoms with Gasteiger partial charge in [0.2, 0.25) is 0 Å². The second-order valence-electron chi connectivity index (χ2n) is 5.03. The van der Waals surface area contributed by atoms with E-state index >= 15 is 0 Å². The summed E-state index contributed by atoms with van der Waals surface area (Å²) in [7, 11) is 0. The number of nitriles is 1. The van der Waals surface area contributed by atoms with Crippen molar-refractivity contribution in [2.45, 2.75) is 52.1 Å². The molecule has 1 aliphatic heterocycles. The van der Waals surface area contributed by atoms with E-state index in [1.807, 2.05) is 13.0 Å². The van der Waals surface area contributed by atoms with Crippen molar-refractivity contribution in [1.82, 2.24) is 0 Å². The Morgan fingerprint density at radius 3 is 2.82 bits per heavy atom. The van der Waals surface area contributed by atoms with E-state index in [-0.39, 0.29) is 0 Å². The number of hydrogen-bond donors (Lipinski definition) is 0. The predicted molar refractivity (Wildman–Crippen MR) is 71.1 cm³/mol. The van der Waals surface area contributed by atoms with E-state index in [4.69, 9.17) is 0 Å². The highest BCUT2D eigenvalue weighted by Gasteiger charge is 2.30. The maximum atomic E-state index is 9.27. The van der Waals surface area contributed by atoms with Crippen LogP contribution in [0.2, 0.25) is 0 Å². The molecule has 2 heteroatoms. The Kier molecular flexibility index (Phi) is 3.38. The summed E-state index contributed by atoms with van der Waals surface area (Å²) in [6, 6.07) is 9.69. The third-order valence-corrected chi connectivity index (χ3v) is 3.81. The van der Waals surface area contributed by atoms with Gasteiger partial charge in [-0.3, -0.25) is 0 Å². The fourth-order valence-corrected chi connectivity index (χ4v) is 2.87. The molecule has 2 unspecified atom stereocenters. The van der Waals surface area contributed by atoms with E-state index in [9.17, 15) is 5.26 Å². The van der Waals surface area contributed by atoms with Gasteiger partial charge in [0.15, 0.2) is 0 Å². The average Bonchev–Trinajstić information content (AvgIpc) is 2.70. The highest BCUT2D eigenvalue weighted by Crippen LogP contribution is 2.34. The SMILES string of the molecule is CCC1CCC(C)N1c1ccc(C)cc1C#N. The van der Waals surface area contributed by atoms with Crippen molar-refractivity contribution >= 4 is 5.69 Å². The molecule has 17 heavy (non-hydrogen) atoms. The second-order valence-corrected chi connectivity index (χ2v) is 5.03. The summed E-state index contributed by atoms with van der Waals surface area (Å²) in [5.41, 5.74) is 3.09. The average molecular weight is 228 g/mol. The highest BCUT2D eigenvalue weighted by atomic mass is 15.2. The van der Waals surface area contributed by atoms with Crippen LogP contribution < -0.4 is 4.90 Å². The summed E-state index contributed by atoms with van der Waals surface area (Å²) in [6.45, 7) is 6.53. The number of rotatable bonds is 2. The Morgan fingerprint density at radius 1 is 1.41 bits per heavy atom. The van der Waals surface area contributed by atoms with E-state index in [1.54, 1.807) is 0 Å². The molecule has 0 amide bonds. The van der Waals surface area contributed by atoms with Crippen LogP contribution in [0.15, 0.2) is 18.2 Å². The lowest BCUT2D eigenvalue weighted by molar-refractivity contribution is 0.627. The van der Waals surface area contributed by atoms with Gasteiger partial charge < -0.3 is 4.90 Å². The fraction of sp³-hybridized carbons (Fsp3) is 0.533. The van der Waals surface area contributed by atoms with Crippen molar-refractivity contribution < 1.29 is 0 Å². The second kappa shape index (κ2) is 4.79. The zero-order chi connectivity index (χ0) is 12.4. The minimum Gasteiger partial charge on any atom is -0.365 e. The lowest BCUT2D eigenvalue weighted by Gasteiger charge is -2.31. The van der Waals surface area contributed by atoms with Gasteiger partial charge in [-0.05, 0) is 50.8 Å². The van der Waals surface area contributed by atoms with Crippen LogP contribution in [0.1, 0.15) is 44.2 Å². The number of nitrogens with zero attached hydrogens (tertiary/aromatic N) is 2. The van der Waals surface area contributed by atoms with Gasteiger partial charge in [0, 0.05) is 12.1 Å². The largest absolute Gasteiger partial charge is 0.365 e. The molecule has 0 bridgehead atoms. The molecule has 2 nitrogen and oxygen atoms in total. The summed E-state index contributed by atoms with van der Waals surface area (Å²) < 4.78 is 0. The van der Waals surface area contributed by atoms with Crippen molar-refractivity contribution in [1.29, 1.82) is 5.26 Å². The highest BCUT2D eigenvalue weighted by molar-refractivity contribution is 5.62. The van der Waals surface area contributed by atoms with E-state index in [2.05, 4.69) is 36.9 Å². The fourth-order valence-electron chi connectivity index (χ4n) is 2.87. The van der Waals surface area contributed by atoms with Gasteiger partial charge in [0.1, 0.15) is 6.07 Å². The monoisotopic (exact) mass is 228 g/mol. The van der Waals surface area contributed by atoms with Crippen molar-refractivity contribution in [2.75, 3.05) is 4.90 Å². The van der Waals surface area contributed by atoms with Crippen LogP contribution in [0.25, 0.3) is 0 Å². The van der Waals surface area contributed by atoms with Crippen LogP contribution in [0.4, 0.5) is 5.69 Å². The van der Waals surface area contributed by atoms with Crippen LogP contribution in [0.3, 0.4) is 0 Å². The van der Waals surface area contributed by atoms with E-state index in [0.717, 1.165) is 23.2 Å². The molecule has 0 saturated carbocycles. The van der Waals surface area contributed by atoms with Crippen molar-refractivity contribution in [3.8, 4) is 6.07 Å². The van der Waals surface area contributed by atoms with Gasteiger partial charge in [0.05, 0.1) is 11.3 Å². The molecule has 0 aliphatic carbocycles. The third-order valence-electron chi connectivity index (χ3n) is 3.81. The first-order chi connectivity index (χ1) is 8.17. The van der Waals surface area contributed by atoms with Crippen LogP contribution in [-0.4, -0.2) is 12.1 Å². The van der Waals surface area contributed by atoms with Crippen molar-refractivity contribution in [3.05, 3.63) is 29.3 Å². The summed E-state index contributed by atoms with van der Waals surface area (Å²) in [5.74, 6) is 0. The van der Waals surface area contributed by atoms with Gasteiger partial charge in [-0.25, -0.2) is 0 Å². The number of benzene rings is 1. The lowest BCUT2D eigenvalue weighted by atomic mass is 10.1. The van der Waals surface area contributed by atoms with Gasteiger partial charge in [-0.1, -0.05) is 13.0 Å². The zero-order valence-electron chi connectivity index (χ0n) is 10.9. The standard InChI is InChI=1S/C15H20N2/c1-4-14-7-6-12(3)17(14)15-8-5-11(2)9-13(15)10-16/h5,8-9,12,14H,4,6-7H2,1-3H3. The van der Waals surface area contributed by atoms with Gasteiger partial charge in [-0.2, -0.15) is 5.26 Å². The van der Waals surface area contributed by atoms with Gasteiger partial charge in [0.25, 0.3) is 0 Å². The molecular formula is C15H20N2. The van der Waals surface area contributed by atoms with Crippen molar-refractivity contribution in [2.24, 2.45) is 0 Å². The molecule has 1 aromatic carbocycles. The Bertz CT molecular complexity index is 445. The maximum Gasteiger partial charge on any atom is 0.101 e. The first-order valence-electron chi connectivity index (χ1n) is 6.46. The topological polar surface area (TPSA) is 27.0 Å². The summed E-state index contributed by atoms with van der Waals surface area (Å²) in [4.78, 5) is 2.44. The Hall–Kier alpha value is -1.49. The molecular weight excluding hydrogens is 208 g/mol. The molecule has 0 spiro atoms. The quantitative estimate of drug-likeness (QED) is 0.772. The molecule has 1 fully saturated rings. The Balaban J connectivity index is 2.42. The van der Waals surface area contributed by atoms with E-state index < -0.39 is 0 Å². The third kappa shape index (κ3) is 2.15. The van der Waals surface area contributed by atoms with Crippen LogP contribution in [0, 0.1) is 18.3 Å². The molecule has 0 aromatic heterocycles. The Labute approximate surface area is 104 Å². The maximum absolute atomic E-state index is 9.27. The molecule has 1 aliphatic rings. The molecule has 90 valence electrons. The normalized spacial score (nSPS) is 23.8. The predicted octanol–water partition coefficient (Wildman–Crippen LogP) is 3.63. The summed E-state index contributed by atoms with van der Waals surface area (Å²) >= 11 is 0. The summed E-state index contributed by atoms with van der Waals surface area (Å²) in [5, 5.41) is 9.27. The lowest BCUT2D eigenvalue weighted by Crippen LogP contribution is -2.34. The minimum atomic E-state index is 0.551. The minimum absolute atomic E-state index is 0.551. The smallest absolute Gasteiger partial charge is 0.101 e. The van der Waals surface area contributed by atoms with E-state index in [1.165, 1.54) is 12.8 Å². The van der Waals surface area contributed by atoms with Gasteiger partial charge >= 0.3 is 0 Å². The van der Waals surface area contributed by atoms with Crippen LogP contribution in [0.5, 0.6) is 0 Å². The van der Waals surface area contributed by atoms with Crippen LogP contribution in [-0.2, 0) is 0 Å². The van der Waals surface area contributed by atoms with E-state index in [0.29, 0.717) is 12.1 Å². The molecule has 1 saturated heterocycles. The number of aryl methyl sites for hydroxylation is 1. The number of hydrogen-bond acceptors (Lipinski definition) is 2. The molecule has 0 N–H and O–H groups in total. The van der Waals surface area contributed by atoms with Crippen LogP contribution >= 0.6 is 0 Å². The zero-order valence-corrected chi connectivity index (χ0v) is 10.9. The molecule has 2 rings (SSSR count). The number of anilines is 1. The first-order valence-corrected chi connectivity index (χ1v) is 6.46. The molecule has 2 atom stereocenters. The molecule has 0 radical (unpaired) electrons.